The molecule has 0 saturated heterocycles. The third kappa shape index (κ3) is 3.72. The first kappa shape index (κ1) is 13.9. The molecule has 0 bridgehead atoms. The minimum absolute atomic E-state index is 0.332. The summed E-state index contributed by atoms with van der Waals surface area (Å²) in [6, 6.07) is 4.70. The van der Waals surface area contributed by atoms with Gasteiger partial charge in [0.25, 0.3) is 0 Å². The Kier molecular flexibility index (Phi) is 5.07. The van der Waals surface area contributed by atoms with E-state index in [4.69, 9.17) is 0 Å². The first-order valence-electron chi connectivity index (χ1n) is 6.99. The van der Waals surface area contributed by atoms with Crippen molar-refractivity contribution in [1.82, 2.24) is 10.3 Å². The number of pyridine rings is 1. The van der Waals surface area contributed by atoms with Gasteiger partial charge in [0, 0.05) is 22.4 Å². The number of aromatic nitrogens is 1. The Labute approximate surface area is 115 Å². The molecule has 1 heterocycles. The maximum Gasteiger partial charge on any atom is 0.0571 e. The van der Waals surface area contributed by atoms with Crippen LogP contribution in [0, 0.1) is 5.92 Å². The van der Waals surface area contributed by atoms with Crippen LogP contribution in [0.3, 0.4) is 0 Å². The molecule has 1 aliphatic rings. The van der Waals surface area contributed by atoms with Crippen LogP contribution in [0.25, 0.3) is 0 Å². The molecule has 18 heavy (non-hydrogen) atoms. The van der Waals surface area contributed by atoms with Crippen LogP contribution in [-0.4, -0.2) is 17.3 Å². The molecule has 2 rings (SSSR count). The molecule has 1 fully saturated rings. The van der Waals surface area contributed by atoms with Crippen molar-refractivity contribution < 1.29 is 0 Å². The van der Waals surface area contributed by atoms with E-state index in [9.17, 15) is 0 Å². The molecule has 3 unspecified atom stereocenters. The van der Waals surface area contributed by atoms with E-state index in [1.165, 1.54) is 30.6 Å². The van der Waals surface area contributed by atoms with E-state index in [0.717, 1.165) is 16.9 Å². The molecule has 0 aromatic carbocycles. The van der Waals surface area contributed by atoms with Crippen molar-refractivity contribution in [2.24, 2.45) is 5.92 Å². The fourth-order valence-electron chi connectivity index (χ4n) is 2.54. The quantitative estimate of drug-likeness (QED) is 0.888. The predicted molar refractivity (Wildman–Crippen MR) is 79.0 cm³/mol. The second kappa shape index (κ2) is 6.58. The van der Waals surface area contributed by atoms with Gasteiger partial charge in [0.05, 0.1) is 5.69 Å². The van der Waals surface area contributed by atoms with Crippen LogP contribution in [-0.2, 0) is 0 Å². The van der Waals surface area contributed by atoms with Crippen LogP contribution in [0.5, 0.6) is 0 Å². The van der Waals surface area contributed by atoms with Gasteiger partial charge < -0.3 is 5.32 Å². The van der Waals surface area contributed by atoms with Crippen molar-refractivity contribution in [3.8, 4) is 0 Å². The summed E-state index contributed by atoms with van der Waals surface area (Å²) in [5, 5.41) is 4.01. The summed E-state index contributed by atoms with van der Waals surface area (Å²) in [7, 11) is 1.97. The standard InChI is InChI=1S/C15H24N2S/c1-11-5-4-6-13(9-11)18-14-7-8-15(17-10-14)12(2)16-3/h7-8,10-13,16H,4-6,9H2,1-3H3. The Balaban J connectivity index is 1.93. The van der Waals surface area contributed by atoms with Gasteiger partial charge in [0.15, 0.2) is 0 Å². The molecule has 1 N–H and O–H groups in total. The van der Waals surface area contributed by atoms with Crippen molar-refractivity contribution in [2.75, 3.05) is 7.05 Å². The van der Waals surface area contributed by atoms with E-state index < -0.39 is 0 Å². The molecule has 3 heteroatoms. The highest BCUT2D eigenvalue weighted by Gasteiger charge is 2.19. The summed E-state index contributed by atoms with van der Waals surface area (Å²) in [4.78, 5) is 5.87. The van der Waals surface area contributed by atoms with Crippen molar-refractivity contribution in [3.63, 3.8) is 0 Å². The van der Waals surface area contributed by atoms with Crippen LogP contribution in [0.15, 0.2) is 23.2 Å². The van der Waals surface area contributed by atoms with Crippen molar-refractivity contribution in [2.45, 2.75) is 55.7 Å². The molecule has 0 amide bonds. The lowest BCUT2D eigenvalue weighted by atomic mass is 9.91. The molecule has 1 aliphatic carbocycles. The molecule has 0 radical (unpaired) electrons. The fraction of sp³-hybridized carbons (Fsp3) is 0.667. The van der Waals surface area contributed by atoms with Crippen LogP contribution in [0.1, 0.15) is 51.3 Å². The van der Waals surface area contributed by atoms with Gasteiger partial charge in [-0.1, -0.05) is 19.8 Å². The SMILES string of the molecule is CNC(C)c1ccc(SC2CCCC(C)C2)cn1. The molecule has 3 atom stereocenters. The van der Waals surface area contributed by atoms with Crippen LogP contribution >= 0.6 is 11.8 Å². The summed E-state index contributed by atoms with van der Waals surface area (Å²) < 4.78 is 0. The lowest BCUT2D eigenvalue weighted by molar-refractivity contribution is 0.394. The summed E-state index contributed by atoms with van der Waals surface area (Å²) in [6.45, 7) is 4.51. The van der Waals surface area contributed by atoms with E-state index in [2.05, 4.69) is 36.3 Å². The van der Waals surface area contributed by atoms with Gasteiger partial charge in [-0.05, 0) is 44.9 Å². The largest absolute Gasteiger partial charge is 0.312 e. The minimum atomic E-state index is 0.332. The van der Waals surface area contributed by atoms with E-state index in [1.54, 1.807) is 0 Å². The molecular weight excluding hydrogens is 240 g/mol. The minimum Gasteiger partial charge on any atom is -0.312 e. The lowest BCUT2D eigenvalue weighted by Gasteiger charge is -2.26. The summed E-state index contributed by atoms with van der Waals surface area (Å²) in [6.07, 6.45) is 7.56. The second-order valence-corrected chi connectivity index (χ2v) is 6.81. The highest BCUT2D eigenvalue weighted by molar-refractivity contribution is 8.00. The molecule has 100 valence electrons. The van der Waals surface area contributed by atoms with E-state index in [-0.39, 0.29) is 0 Å². The Morgan fingerprint density at radius 3 is 2.83 bits per heavy atom. The third-order valence-electron chi connectivity index (χ3n) is 3.83. The molecule has 2 nitrogen and oxygen atoms in total. The number of nitrogens with one attached hydrogen (secondary N) is 1. The van der Waals surface area contributed by atoms with Gasteiger partial charge in [0.2, 0.25) is 0 Å². The Bertz CT molecular complexity index is 363. The third-order valence-corrected chi connectivity index (χ3v) is 5.10. The maximum atomic E-state index is 4.55. The summed E-state index contributed by atoms with van der Waals surface area (Å²) in [5.41, 5.74) is 1.12. The van der Waals surface area contributed by atoms with Gasteiger partial charge >= 0.3 is 0 Å². The average molecular weight is 264 g/mol. The topological polar surface area (TPSA) is 24.9 Å². The van der Waals surface area contributed by atoms with Crippen LogP contribution in [0.4, 0.5) is 0 Å². The molecule has 1 aromatic heterocycles. The van der Waals surface area contributed by atoms with Gasteiger partial charge in [-0.25, -0.2) is 0 Å². The van der Waals surface area contributed by atoms with Crippen molar-refractivity contribution in [1.29, 1.82) is 0 Å². The Morgan fingerprint density at radius 2 is 2.22 bits per heavy atom. The van der Waals surface area contributed by atoms with Gasteiger partial charge in [-0.15, -0.1) is 11.8 Å². The van der Waals surface area contributed by atoms with Crippen molar-refractivity contribution in [3.05, 3.63) is 24.0 Å². The fourth-order valence-corrected chi connectivity index (χ4v) is 3.90. The Hall–Kier alpha value is -0.540. The van der Waals surface area contributed by atoms with Crippen molar-refractivity contribution >= 4 is 11.8 Å². The molecule has 1 aromatic rings. The summed E-state index contributed by atoms with van der Waals surface area (Å²) >= 11 is 2.01. The second-order valence-electron chi connectivity index (χ2n) is 5.44. The maximum absolute atomic E-state index is 4.55. The van der Waals surface area contributed by atoms with Crippen LogP contribution in [0.2, 0.25) is 0 Å². The smallest absolute Gasteiger partial charge is 0.0571 e. The zero-order valence-corrected chi connectivity index (χ0v) is 12.5. The first-order valence-corrected chi connectivity index (χ1v) is 7.87. The predicted octanol–water partition coefficient (Wildman–Crippen LogP) is 4.03. The lowest BCUT2D eigenvalue weighted by Crippen LogP contribution is -2.15. The monoisotopic (exact) mass is 264 g/mol. The number of thioether (sulfide) groups is 1. The molecular formula is C15H24N2S. The number of hydrogen-bond acceptors (Lipinski definition) is 3. The molecule has 0 aliphatic heterocycles. The normalized spacial score (nSPS) is 25.9. The molecule has 1 saturated carbocycles. The highest BCUT2D eigenvalue weighted by Crippen LogP contribution is 2.35. The van der Waals surface area contributed by atoms with Gasteiger partial charge in [-0.3, -0.25) is 4.98 Å². The zero-order valence-electron chi connectivity index (χ0n) is 11.6. The number of rotatable bonds is 4. The van der Waals surface area contributed by atoms with E-state index in [0.29, 0.717) is 6.04 Å². The molecule has 0 spiro atoms. The number of hydrogen-bond donors (Lipinski definition) is 1. The first-order chi connectivity index (χ1) is 8.69. The zero-order chi connectivity index (χ0) is 13.0. The van der Waals surface area contributed by atoms with E-state index in [1.807, 2.05) is 25.0 Å². The Morgan fingerprint density at radius 1 is 1.39 bits per heavy atom. The number of nitrogens with zero attached hydrogens (tertiary/aromatic N) is 1. The summed E-state index contributed by atoms with van der Waals surface area (Å²) in [5.74, 6) is 0.896. The van der Waals surface area contributed by atoms with Gasteiger partial charge in [-0.2, -0.15) is 0 Å². The average Bonchev–Trinajstić information content (AvgIpc) is 2.39. The van der Waals surface area contributed by atoms with Crippen LogP contribution < -0.4 is 5.32 Å². The van der Waals surface area contributed by atoms with E-state index >= 15 is 0 Å². The van der Waals surface area contributed by atoms with Gasteiger partial charge in [0.1, 0.15) is 0 Å². The highest BCUT2D eigenvalue weighted by atomic mass is 32.2.